The van der Waals surface area contributed by atoms with Crippen LogP contribution in [-0.4, -0.2) is 23.7 Å². The molecule has 0 fully saturated rings. The van der Waals surface area contributed by atoms with E-state index in [-0.39, 0.29) is 17.1 Å². The van der Waals surface area contributed by atoms with Gasteiger partial charge in [0.05, 0.1) is 17.4 Å². The summed E-state index contributed by atoms with van der Waals surface area (Å²) in [6, 6.07) is 16.8. The second-order valence-electron chi connectivity index (χ2n) is 5.23. The Morgan fingerprint density at radius 3 is 2.58 bits per heavy atom. The van der Waals surface area contributed by atoms with E-state index in [1.54, 1.807) is 43.0 Å². The average Bonchev–Trinajstić information content (AvgIpc) is 2.61. The Bertz CT molecular complexity index is 688. The molecule has 0 radical (unpaired) electrons. The third kappa shape index (κ3) is 5.42. The Hall–Kier alpha value is -2.27. The van der Waals surface area contributed by atoms with E-state index in [1.807, 2.05) is 37.3 Å². The van der Waals surface area contributed by atoms with Crippen molar-refractivity contribution in [3.63, 3.8) is 0 Å². The van der Waals surface area contributed by atoms with Crippen molar-refractivity contribution in [2.75, 3.05) is 11.9 Å². The summed E-state index contributed by atoms with van der Waals surface area (Å²) in [6.45, 7) is 3.95. The van der Waals surface area contributed by atoms with E-state index in [1.165, 1.54) is 5.56 Å². The molecule has 1 N–H and O–H groups in total. The summed E-state index contributed by atoms with van der Waals surface area (Å²) in [6.07, 6.45) is 0. The van der Waals surface area contributed by atoms with Crippen molar-refractivity contribution < 1.29 is 14.3 Å². The molecule has 2 aromatic rings. The van der Waals surface area contributed by atoms with Gasteiger partial charge in [-0.05, 0) is 37.6 Å². The highest BCUT2D eigenvalue weighted by molar-refractivity contribution is 7.99. The first-order valence-corrected chi connectivity index (χ1v) is 8.88. The first-order chi connectivity index (χ1) is 11.6. The quantitative estimate of drug-likeness (QED) is 0.768. The molecule has 0 aromatic heterocycles. The number of hydrogen-bond donors (Lipinski definition) is 1. The van der Waals surface area contributed by atoms with E-state index in [4.69, 9.17) is 4.74 Å². The number of benzene rings is 2. The molecule has 0 heterocycles. The number of hydrogen-bond acceptors (Lipinski definition) is 4. The maximum absolute atomic E-state index is 12.3. The van der Waals surface area contributed by atoms with Crippen molar-refractivity contribution in [2.45, 2.75) is 24.9 Å². The lowest BCUT2D eigenvalue weighted by molar-refractivity contribution is -0.115. The van der Waals surface area contributed by atoms with Crippen LogP contribution >= 0.6 is 11.8 Å². The van der Waals surface area contributed by atoms with Gasteiger partial charge in [0.2, 0.25) is 5.91 Å². The lowest BCUT2D eigenvalue weighted by atomic mass is 10.2. The molecular formula is C19H21NO3S. The third-order valence-corrected chi connectivity index (χ3v) is 4.57. The molecule has 2 aromatic carbocycles. The van der Waals surface area contributed by atoms with Crippen molar-refractivity contribution in [3.05, 3.63) is 65.7 Å². The van der Waals surface area contributed by atoms with E-state index in [9.17, 15) is 9.59 Å². The summed E-state index contributed by atoms with van der Waals surface area (Å²) in [5.41, 5.74) is 2.21. The van der Waals surface area contributed by atoms with Gasteiger partial charge in [0.15, 0.2) is 0 Å². The van der Waals surface area contributed by atoms with Crippen LogP contribution in [0.4, 0.5) is 5.69 Å². The van der Waals surface area contributed by atoms with Gasteiger partial charge >= 0.3 is 5.97 Å². The molecule has 24 heavy (non-hydrogen) atoms. The second kappa shape index (κ2) is 9.13. The van der Waals surface area contributed by atoms with Crippen LogP contribution in [0.25, 0.3) is 0 Å². The molecule has 0 aliphatic carbocycles. The summed E-state index contributed by atoms with van der Waals surface area (Å²) >= 11 is 1.57. The maximum atomic E-state index is 12.3. The predicted octanol–water partition coefficient (Wildman–Crippen LogP) is 4.12. The average molecular weight is 343 g/mol. The number of ether oxygens (including phenoxy) is 1. The molecule has 0 saturated carbocycles. The van der Waals surface area contributed by atoms with Crippen LogP contribution in [0.5, 0.6) is 0 Å². The standard InChI is InChI=1S/C19H21NO3S/c1-3-23-19(22)16-10-7-11-17(12-16)20-18(21)14(2)24-13-15-8-5-4-6-9-15/h4-12,14H,3,13H2,1-2H3,(H,20,21)/t14-/m0/s1. The lowest BCUT2D eigenvalue weighted by Gasteiger charge is -2.12. The number of amides is 1. The highest BCUT2D eigenvalue weighted by Gasteiger charge is 2.14. The summed E-state index contributed by atoms with van der Waals surface area (Å²) in [5, 5.41) is 2.65. The molecule has 0 unspecified atom stereocenters. The monoisotopic (exact) mass is 343 g/mol. The minimum atomic E-state index is -0.389. The van der Waals surface area contributed by atoms with Gasteiger partial charge in [-0.1, -0.05) is 36.4 Å². The zero-order valence-corrected chi connectivity index (χ0v) is 14.6. The second-order valence-corrected chi connectivity index (χ2v) is 6.56. The molecule has 126 valence electrons. The number of rotatable bonds is 7. The SMILES string of the molecule is CCOC(=O)c1cccc(NC(=O)[C@H](C)SCc2ccccc2)c1. The smallest absolute Gasteiger partial charge is 0.338 e. The zero-order chi connectivity index (χ0) is 17.4. The van der Waals surface area contributed by atoms with E-state index >= 15 is 0 Å². The summed E-state index contributed by atoms with van der Waals surface area (Å²) in [4.78, 5) is 24.0. The first kappa shape index (κ1) is 18.1. The van der Waals surface area contributed by atoms with E-state index < -0.39 is 0 Å². The fourth-order valence-electron chi connectivity index (χ4n) is 2.05. The summed E-state index contributed by atoms with van der Waals surface area (Å²) in [7, 11) is 0. The van der Waals surface area contributed by atoms with Gasteiger partial charge in [0.1, 0.15) is 0 Å². The van der Waals surface area contributed by atoms with Crippen LogP contribution < -0.4 is 5.32 Å². The molecule has 1 amide bonds. The van der Waals surface area contributed by atoms with Gasteiger partial charge in [0.25, 0.3) is 0 Å². The molecule has 0 aliphatic rings. The van der Waals surface area contributed by atoms with Crippen molar-refractivity contribution in [1.82, 2.24) is 0 Å². The number of nitrogens with one attached hydrogen (secondary N) is 1. The Labute approximate surface area is 146 Å². The lowest BCUT2D eigenvalue weighted by Crippen LogP contribution is -2.22. The highest BCUT2D eigenvalue weighted by atomic mass is 32.2. The van der Waals surface area contributed by atoms with Gasteiger partial charge in [-0.25, -0.2) is 4.79 Å². The number of carbonyl (C=O) groups is 2. The Morgan fingerprint density at radius 1 is 1.12 bits per heavy atom. The fraction of sp³-hybridized carbons (Fsp3) is 0.263. The Morgan fingerprint density at radius 2 is 1.88 bits per heavy atom. The topological polar surface area (TPSA) is 55.4 Å². The van der Waals surface area contributed by atoms with Gasteiger partial charge in [-0.3, -0.25) is 4.79 Å². The fourth-order valence-corrected chi connectivity index (χ4v) is 2.90. The summed E-state index contributed by atoms with van der Waals surface area (Å²) in [5.74, 6) is 0.301. The predicted molar refractivity (Wildman–Crippen MR) is 98.2 cm³/mol. The number of thioether (sulfide) groups is 1. The Balaban J connectivity index is 1.91. The van der Waals surface area contributed by atoms with Crippen LogP contribution in [0.1, 0.15) is 29.8 Å². The van der Waals surface area contributed by atoms with E-state index in [2.05, 4.69) is 5.32 Å². The van der Waals surface area contributed by atoms with Crippen molar-refractivity contribution >= 4 is 29.3 Å². The van der Waals surface area contributed by atoms with Gasteiger partial charge in [-0.15, -0.1) is 11.8 Å². The molecule has 2 rings (SSSR count). The van der Waals surface area contributed by atoms with Crippen LogP contribution in [0, 0.1) is 0 Å². The third-order valence-electron chi connectivity index (χ3n) is 3.35. The number of esters is 1. The van der Waals surface area contributed by atoms with Crippen molar-refractivity contribution in [2.24, 2.45) is 0 Å². The van der Waals surface area contributed by atoms with Crippen molar-refractivity contribution in [3.8, 4) is 0 Å². The van der Waals surface area contributed by atoms with Gasteiger partial charge < -0.3 is 10.1 Å². The number of anilines is 1. The van der Waals surface area contributed by atoms with Crippen LogP contribution in [-0.2, 0) is 15.3 Å². The van der Waals surface area contributed by atoms with Crippen LogP contribution in [0.3, 0.4) is 0 Å². The molecular weight excluding hydrogens is 322 g/mol. The minimum Gasteiger partial charge on any atom is -0.462 e. The molecule has 0 bridgehead atoms. The normalized spacial score (nSPS) is 11.6. The van der Waals surface area contributed by atoms with Gasteiger partial charge in [0, 0.05) is 11.4 Å². The molecule has 1 atom stereocenters. The first-order valence-electron chi connectivity index (χ1n) is 7.83. The molecule has 0 aliphatic heterocycles. The van der Waals surface area contributed by atoms with E-state index in [0.717, 1.165) is 5.75 Å². The number of carbonyl (C=O) groups excluding carboxylic acids is 2. The zero-order valence-electron chi connectivity index (χ0n) is 13.8. The summed E-state index contributed by atoms with van der Waals surface area (Å²) < 4.78 is 4.97. The maximum Gasteiger partial charge on any atom is 0.338 e. The van der Waals surface area contributed by atoms with Crippen LogP contribution in [0.15, 0.2) is 54.6 Å². The molecule has 0 spiro atoms. The molecule has 4 nitrogen and oxygen atoms in total. The Kier molecular flexibility index (Phi) is 6.88. The van der Waals surface area contributed by atoms with Crippen molar-refractivity contribution in [1.29, 1.82) is 0 Å². The van der Waals surface area contributed by atoms with Crippen LogP contribution in [0.2, 0.25) is 0 Å². The molecule has 5 heteroatoms. The highest BCUT2D eigenvalue weighted by Crippen LogP contribution is 2.20. The largest absolute Gasteiger partial charge is 0.462 e. The van der Waals surface area contributed by atoms with Gasteiger partial charge in [-0.2, -0.15) is 0 Å². The minimum absolute atomic E-state index is 0.0862. The molecule has 0 saturated heterocycles. The van der Waals surface area contributed by atoms with E-state index in [0.29, 0.717) is 17.9 Å².